The van der Waals surface area contributed by atoms with Gasteiger partial charge in [0.15, 0.2) is 0 Å². The van der Waals surface area contributed by atoms with Crippen LogP contribution in [0.2, 0.25) is 0 Å². The van der Waals surface area contributed by atoms with Crippen LogP contribution in [0.15, 0.2) is 5.11 Å². The number of hydrogen-bond donors (Lipinski definition) is 1. The molecule has 1 unspecified atom stereocenters. The van der Waals surface area contributed by atoms with Crippen LogP contribution in [-0.2, 0) is 0 Å². The first-order valence-electron chi connectivity index (χ1n) is 2.71. The van der Waals surface area contributed by atoms with E-state index < -0.39 is 0 Å². The Bertz CT molecular complexity index is 133. The van der Waals surface area contributed by atoms with Gasteiger partial charge in [-0.1, -0.05) is 48.5 Å². The van der Waals surface area contributed by atoms with Gasteiger partial charge in [-0.15, -0.1) is 0 Å². The predicted molar refractivity (Wildman–Crippen MR) is 51.7 cm³/mol. The van der Waals surface area contributed by atoms with Gasteiger partial charge in [0.25, 0.3) is 0 Å². The van der Waals surface area contributed by atoms with Crippen molar-refractivity contribution in [2.24, 2.45) is 5.11 Å². The predicted octanol–water partition coefficient (Wildman–Crippen LogP) is 3.06. The van der Waals surface area contributed by atoms with E-state index in [1.165, 1.54) is 0 Å². The number of alkyl halides is 1. The number of rotatable bonds is 2. The second-order valence-electron chi connectivity index (χ2n) is 2.45. The molecule has 60 valence electrons. The molecule has 1 atom stereocenters. The van der Waals surface area contributed by atoms with Gasteiger partial charge in [-0.05, 0) is 5.53 Å². The van der Waals surface area contributed by atoms with Crippen molar-refractivity contribution in [3.05, 3.63) is 10.4 Å². The van der Waals surface area contributed by atoms with Crippen LogP contribution in [0.25, 0.3) is 10.4 Å². The highest BCUT2D eigenvalue weighted by Crippen LogP contribution is 2.23. The molecule has 5 heteroatoms. The lowest BCUT2D eigenvalue weighted by atomic mass is 10.1. The zero-order valence-corrected chi connectivity index (χ0v) is 8.66. The van der Waals surface area contributed by atoms with Gasteiger partial charge < -0.3 is 6.15 Å². The first kappa shape index (κ1) is 12.7. The summed E-state index contributed by atoms with van der Waals surface area (Å²) in [7, 11) is 0. The quantitative estimate of drug-likeness (QED) is 0.266. The monoisotopic (exact) mass is 256 g/mol. The molecule has 3 N–H and O–H groups in total. The Hall–Kier alpha value is 0.0000000000000000347. The molecule has 0 spiro atoms. The summed E-state index contributed by atoms with van der Waals surface area (Å²) in [5.41, 5.74) is 8.06. The van der Waals surface area contributed by atoms with E-state index in [0.717, 1.165) is 0 Å². The number of halogens is 1. The van der Waals surface area contributed by atoms with Crippen molar-refractivity contribution in [1.29, 1.82) is 0 Å². The van der Waals surface area contributed by atoms with Crippen LogP contribution in [0.5, 0.6) is 0 Å². The summed E-state index contributed by atoms with van der Waals surface area (Å²) in [6.45, 7) is 5.98. The fourth-order valence-corrected chi connectivity index (χ4v) is 0.339. The van der Waals surface area contributed by atoms with E-state index in [1.54, 1.807) is 0 Å². The van der Waals surface area contributed by atoms with Crippen LogP contribution in [0.4, 0.5) is 0 Å². The van der Waals surface area contributed by atoms with Crippen LogP contribution in [0.3, 0.4) is 0 Å². The lowest BCUT2D eigenvalue weighted by molar-refractivity contribution is 0.601. The van der Waals surface area contributed by atoms with Crippen molar-refractivity contribution in [1.82, 2.24) is 6.15 Å². The molecule has 0 bridgehead atoms. The Balaban J connectivity index is 0. The molecular weight excluding hydrogens is 243 g/mol. The maximum Gasteiger partial charge on any atom is 0.0486 e. The van der Waals surface area contributed by atoms with E-state index >= 15 is 0 Å². The standard InChI is InChI=1S/C5H10IN3.H3N/c1-4(8-9-7)5(2,3)6;/h4H,1-3H3;1H3. The van der Waals surface area contributed by atoms with E-state index in [2.05, 4.69) is 32.6 Å². The Morgan fingerprint density at radius 3 is 2.10 bits per heavy atom. The van der Waals surface area contributed by atoms with Crippen molar-refractivity contribution in [2.75, 3.05) is 0 Å². The number of hydrogen-bond acceptors (Lipinski definition) is 2. The third-order valence-electron chi connectivity index (χ3n) is 1.22. The van der Waals surface area contributed by atoms with E-state index in [4.69, 9.17) is 5.53 Å². The van der Waals surface area contributed by atoms with E-state index in [-0.39, 0.29) is 15.6 Å². The average Bonchev–Trinajstić information content (AvgIpc) is 1.64. The lowest BCUT2D eigenvalue weighted by Gasteiger charge is -2.19. The summed E-state index contributed by atoms with van der Waals surface area (Å²) in [4.78, 5) is 2.72. The highest BCUT2D eigenvalue weighted by Gasteiger charge is 2.19. The van der Waals surface area contributed by atoms with Gasteiger partial charge in [0.2, 0.25) is 0 Å². The molecule has 0 rings (SSSR count). The van der Waals surface area contributed by atoms with Gasteiger partial charge in [0, 0.05) is 14.4 Å². The third kappa shape index (κ3) is 4.84. The summed E-state index contributed by atoms with van der Waals surface area (Å²) < 4.78 is 0.0595. The minimum atomic E-state index is 0. The summed E-state index contributed by atoms with van der Waals surface area (Å²) >= 11 is 2.26. The van der Waals surface area contributed by atoms with Crippen LogP contribution < -0.4 is 6.15 Å². The average molecular weight is 256 g/mol. The molecule has 4 nitrogen and oxygen atoms in total. The first-order chi connectivity index (χ1) is 3.98. The van der Waals surface area contributed by atoms with E-state index in [1.807, 2.05) is 20.8 Å². The smallest absolute Gasteiger partial charge is 0.0486 e. The molecule has 0 radical (unpaired) electrons. The molecule has 0 aliphatic carbocycles. The topological polar surface area (TPSA) is 83.8 Å². The highest BCUT2D eigenvalue weighted by molar-refractivity contribution is 14.1. The van der Waals surface area contributed by atoms with Gasteiger partial charge in [0.05, 0.1) is 0 Å². The second kappa shape index (κ2) is 4.76. The lowest BCUT2D eigenvalue weighted by Crippen LogP contribution is -2.23. The van der Waals surface area contributed by atoms with Crippen molar-refractivity contribution >= 4 is 22.6 Å². The SMILES string of the molecule is CC(N=[N+]=[N-])C(C)(C)I.N. The van der Waals surface area contributed by atoms with Crippen molar-refractivity contribution in [2.45, 2.75) is 30.2 Å². The molecule has 0 heterocycles. The highest BCUT2D eigenvalue weighted by atomic mass is 127. The molecular formula is C5H13IN4. The maximum atomic E-state index is 8.06. The van der Waals surface area contributed by atoms with Crippen molar-refractivity contribution < 1.29 is 0 Å². The molecule has 0 aromatic heterocycles. The Labute approximate surface area is 74.7 Å². The Morgan fingerprint density at radius 2 is 2.00 bits per heavy atom. The van der Waals surface area contributed by atoms with E-state index in [9.17, 15) is 0 Å². The maximum absolute atomic E-state index is 8.06. The summed E-state index contributed by atoms with van der Waals surface area (Å²) in [6, 6.07) is 0.0584. The summed E-state index contributed by atoms with van der Waals surface area (Å²) in [5, 5.41) is 3.57. The zero-order chi connectivity index (χ0) is 7.49. The fourth-order valence-electron chi connectivity index (χ4n) is 0.215. The molecule has 0 aromatic carbocycles. The van der Waals surface area contributed by atoms with Crippen LogP contribution in [-0.4, -0.2) is 9.46 Å². The number of azide groups is 1. The van der Waals surface area contributed by atoms with Crippen LogP contribution >= 0.6 is 22.6 Å². The first-order valence-corrected chi connectivity index (χ1v) is 3.79. The molecule has 0 aliphatic heterocycles. The molecule has 0 fully saturated rings. The molecule has 0 amide bonds. The summed E-state index contributed by atoms with van der Waals surface area (Å²) in [6.07, 6.45) is 0. The van der Waals surface area contributed by atoms with Gasteiger partial charge in [-0.3, -0.25) is 0 Å². The Morgan fingerprint density at radius 1 is 1.60 bits per heavy atom. The van der Waals surface area contributed by atoms with Gasteiger partial charge >= 0.3 is 0 Å². The third-order valence-corrected chi connectivity index (χ3v) is 2.12. The Kier molecular flexibility index (Phi) is 6.02. The second-order valence-corrected chi connectivity index (χ2v) is 5.23. The van der Waals surface area contributed by atoms with E-state index in [0.29, 0.717) is 0 Å². The van der Waals surface area contributed by atoms with Crippen molar-refractivity contribution in [3.8, 4) is 0 Å². The molecule has 0 aliphatic rings. The normalized spacial score (nSPS) is 12.8. The molecule has 0 aromatic rings. The van der Waals surface area contributed by atoms with Crippen LogP contribution in [0.1, 0.15) is 20.8 Å². The number of nitrogens with zero attached hydrogens (tertiary/aromatic N) is 3. The largest absolute Gasteiger partial charge is 0.344 e. The molecule has 0 saturated heterocycles. The molecule has 0 saturated carbocycles. The van der Waals surface area contributed by atoms with Gasteiger partial charge in [-0.25, -0.2) is 0 Å². The zero-order valence-electron chi connectivity index (χ0n) is 6.50. The molecule has 10 heavy (non-hydrogen) atoms. The summed E-state index contributed by atoms with van der Waals surface area (Å²) in [5.74, 6) is 0. The minimum Gasteiger partial charge on any atom is -0.344 e. The van der Waals surface area contributed by atoms with Crippen molar-refractivity contribution in [3.63, 3.8) is 0 Å². The fraction of sp³-hybridized carbons (Fsp3) is 1.00. The minimum absolute atomic E-state index is 0. The van der Waals surface area contributed by atoms with Gasteiger partial charge in [-0.2, -0.15) is 0 Å². The van der Waals surface area contributed by atoms with Crippen LogP contribution in [0, 0.1) is 0 Å². The van der Waals surface area contributed by atoms with Gasteiger partial charge in [0.1, 0.15) is 0 Å².